The molecule has 1 unspecified atom stereocenters. The molecule has 1 saturated heterocycles. The number of amides is 1. The molecule has 0 spiro atoms. The minimum atomic E-state index is -0.776. The van der Waals surface area contributed by atoms with Crippen molar-refractivity contribution in [1.82, 2.24) is 14.3 Å². The fraction of sp³-hybridized carbons (Fsp3) is 0.240. The van der Waals surface area contributed by atoms with Gasteiger partial charge >= 0.3 is 0 Å². The minimum absolute atomic E-state index is 0.0182. The summed E-state index contributed by atoms with van der Waals surface area (Å²) >= 11 is 0. The number of aromatic nitrogens is 2. The molecule has 33 heavy (non-hydrogen) atoms. The largest absolute Gasteiger partial charge is 0.505 e. The van der Waals surface area contributed by atoms with E-state index in [9.17, 15) is 14.7 Å². The second kappa shape index (κ2) is 9.30. The summed E-state index contributed by atoms with van der Waals surface area (Å²) in [6.07, 6.45) is 3.40. The van der Waals surface area contributed by atoms with Gasteiger partial charge in [0.05, 0.1) is 23.9 Å². The van der Waals surface area contributed by atoms with Gasteiger partial charge in [-0.25, -0.2) is 4.98 Å². The number of rotatable bonds is 8. The van der Waals surface area contributed by atoms with E-state index < -0.39 is 17.7 Å². The van der Waals surface area contributed by atoms with Crippen molar-refractivity contribution in [3.63, 3.8) is 0 Å². The van der Waals surface area contributed by atoms with Crippen molar-refractivity contribution in [2.45, 2.75) is 13.0 Å². The van der Waals surface area contributed by atoms with Crippen LogP contribution in [-0.4, -0.2) is 57.9 Å². The second-order valence-electron chi connectivity index (χ2n) is 7.63. The smallest absolute Gasteiger partial charge is 0.295 e. The van der Waals surface area contributed by atoms with Crippen LogP contribution in [0.25, 0.3) is 11.4 Å². The molecular weight excluding hydrogens is 422 g/mol. The molecule has 1 amide bonds. The minimum Gasteiger partial charge on any atom is -0.505 e. The highest BCUT2D eigenvalue weighted by molar-refractivity contribution is 6.46. The molecule has 3 heterocycles. The van der Waals surface area contributed by atoms with E-state index in [1.807, 2.05) is 12.1 Å². The van der Waals surface area contributed by atoms with Gasteiger partial charge in [-0.3, -0.25) is 14.0 Å². The lowest BCUT2D eigenvalue weighted by Crippen LogP contribution is -2.32. The number of aliphatic hydroxyl groups is 1. The molecule has 4 rings (SSSR count). The summed E-state index contributed by atoms with van der Waals surface area (Å²) < 4.78 is 12.4. The van der Waals surface area contributed by atoms with E-state index in [1.54, 1.807) is 53.9 Å². The van der Waals surface area contributed by atoms with Crippen molar-refractivity contribution >= 4 is 23.1 Å². The number of Topliss-reactive ketones (excluding diaryl/α,β-unsaturated/α-hetero) is 1. The van der Waals surface area contributed by atoms with Crippen molar-refractivity contribution in [2.75, 3.05) is 26.9 Å². The van der Waals surface area contributed by atoms with Gasteiger partial charge in [0, 0.05) is 19.9 Å². The molecule has 1 atom stereocenters. The summed E-state index contributed by atoms with van der Waals surface area (Å²) in [6, 6.07) is 11.8. The summed E-state index contributed by atoms with van der Waals surface area (Å²) in [5.74, 6) is -1.06. The fourth-order valence-corrected chi connectivity index (χ4v) is 4.07. The first-order chi connectivity index (χ1) is 16.0. The van der Waals surface area contributed by atoms with Crippen LogP contribution in [0.1, 0.15) is 23.0 Å². The number of aryl methyl sites for hydroxylation is 1. The van der Waals surface area contributed by atoms with Gasteiger partial charge in [-0.05, 0) is 36.8 Å². The van der Waals surface area contributed by atoms with Crippen LogP contribution in [-0.2, 0) is 14.3 Å². The van der Waals surface area contributed by atoms with Gasteiger partial charge in [0.2, 0.25) is 0 Å². The molecule has 3 aromatic rings. The Labute approximate surface area is 191 Å². The molecule has 170 valence electrons. The van der Waals surface area contributed by atoms with E-state index in [4.69, 9.17) is 9.47 Å². The van der Waals surface area contributed by atoms with Crippen LogP contribution in [0.4, 0.5) is 0 Å². The first kappa shape index (κ1) is 22.3. The van der Waals surface area contributed by atoms with E-state index in [-0.39, 0.29) is 24.5 Å². The van der Waals surface area contributed by atoms with E-state index >= 15 is 0 Å². The van der Waals surface area contributed by atoms with Crippen molar-refractivity contribution in [3.8, 4) is 5.75 Å². The van der Waals surface area contributed by atoms with Gasteiger partial charge in [0.15, 0.2) is 5.76 Å². The molecule has 0 radical (unpaired) electrons. The molecule has 1 aromatic carbocycles. The van der Waals surface area contributed by atoms with Crippen LogP contribution in [0.5, 0.6) is 5.75 Å². The molecule has 0 bridgehead atoms. The zero-order chi connectivity index (χ0) is 23.5. The number of ketones is 1. The summed E-state index contributed by atoms with van der Waals surface area (Å²) in [5, 5.41) is 11.4. The lowest BCUT2D eigenvalue weighted by molar-refractivity contribution is -0.140. The Hall–Kier alpha value is -3.91. The van der Waals surface area contributed by atoms with Crippen LogP contribution in [0.2, 0.25) is 0 Å². The number of imidazole rings is 1. The highest BCUT2D eigenvalue weighted by Gasteiger charge is 2.46. The van der Waals surface area contributed by atoms with Crippen molar-refractivity contribution in [1.29, 1.82) is 0 Å². The van der Waals surface area contributed by atoms with Crippen molar-refractivity contribution in [2.24, 2.45) is 0 Å². The number of aliphatic hydroxyl groups excluding tert-OH is 1. The number of ether oxygens (including phenoxy) is 2. The van der Waals surface area contributed by atoms with E-state index in [1.165, 1.54) is 12.0 Å². The third kappa shape index (κ3) is 4.01. The number of carbonyl (C=O) groups is 2. The van der Waals surface area contributed by atoms with Gasteiger partial charge in [-0.15, -0.1) is 0 Å². The molecule has 8 nitrogen and oxygen atoms in total. The number of carbonyl (C=O) groups excluding carboxylic acids is 2. The number of methoxy groups -OCH3 is 1. The molecule has 1 N–H and O–H groups in total. The highest BCUT2D eigenvalue weighted by Crippen LogP contribution is 2.40. The molecule has 2 aromatic heterocycles. The van der Waals surface area contributed by atoms with Gasteiger partial charge in [-0.2, -0.15) is 0 Å². The topological polar surface area (TPSA) is 93.4 Å². The van der Waals surface area contributed by atoms with E-state index in [2.05, 4.69) is 11.6 Å². The number of pyridine rings is 1. The van der Waals surface area contributed by atoms with Gasteiger partial charge < -0.3 is 19.5 Å². The maximum Gasteiger partial charge on any atom is 0.295 e. The Balaban J connectivity index is 1.86. The van der Waals surface area contributed by atoms with Crippen LogP contribution in [0, 0.1) is 6.92 Å². The van der Waals surface area contributed by atoms with E-state index in [0.717, 1.165) is 0 Å². The Morgan fingerprint density at radius 2 is 1.97 bits per heavy atom. The highest BCUT2D eigenvalue weighted by atomic mass is 16.5. The third-order valence-corrected chi connectivity index (χ3v) is 5.57. The molecular formula is C25H25N3O5. The van der Waals surface area contributed by atoms with Crippen LogP contribution < -0.4 is 4.74 Å². The predicted molar refractivity (Wildman–Crippen MR) is 123 cm³/mol. The average Bonchev–Trinajstić information content (AvgIpc) is 3.29. The number of hydrogen-bond donors (Lipinski definition) is 1. The first-order valence-electron chi connectivity index (χ1n) is 10.5. The molecule has 1 aliphatic rings. The molecule has 1 fully saturated rings. The molecule has 8 heteroatoms. The van der Waals surface area contributed by atoms with Crippen molar-refractivity contribution in [3.05, 3.63) is 83.8 Å². The quantitative estimate of drug-likeness (QED) is 0.247. The predicted octanol–water partition coefficient (Wildman–Crippen LogP) is 3.28. The summed E-state index contributed by atoms with van der Waals surface area (Å²) in [5.41, 5.74) is 2.25. The fourth-order valence-electron chi connectivity index (χ4n) is 4.07. The maximum atomic E-state index is 13.1. The van der Waals surface area contributed by atoms with E-state index in [0.29, 0.717) is 35.0 Å². The number of nitrogens with zero attached hydrogens (tertiary/aromatic N) is 3. The Kier molecular flexibility index (Phi) is 6.28. The van der Waals surface area contributed by atoms with Crippen molar-refractivity contribution < 1.29 is 24.2 Å². The third-order valence-electron chi connectivity index (χ3n) is 5.57. The van der Waals surface area contributed by atoms with Gasteiger partial charge in [-0.1, -0.05) is 30.9 Å². The van der Waals surface area contributed by atoms with Crippen LogP contribution in [0.3, 0.4) is 0 Å². The Bertz CT molecular complexity index is 1240. The average molecular weight is 447 g/mol. The van der Waals surface area contributed by atoms with Crippen LogP contribution in [0.15, 0.2) is 66.9 Å². The lowest BCUT2D eigenvalue weighted by Gasteiger charge is -2.25. The normalized spacial score (nSPS) is 17.6. The monoisotopic (exact) mass is 447 g/mol. The second-order valence-corrected chi connectivity index (χ2v) is 7.63. The number of fused-ring (bicyclic) bond motifs is 1. The lowest BCUT2D eigenvalue weighted by atomic mass is 9.96. The summed E-state index contributed by atoms with van der Waals surface area (Å²) in [6.45, 7) is 6.19. The molecule has 0 saturated carbocycles. The SMILES string of the molecule is C=CCOc1ccc(C2/C(=C(\O)c3c(C)nc4ccccn34)C(=O)C(=O)N2CCOC)cc1. The summed E-state index contributed by atoms with van der Waals surface area (Å²) in [4.78, 5) is 32.0. The van der Waals surface area contributed by atoms with Gasteiger partial charge in [0.1, 0.15) is 23.7 Å². The number of benzene rings is 1. The molecule has 0 aliphatic carbocycles. The summed E-state index contributed by atoms with van der Waals surface area (Å²) in [7, 11) is 1.53. The van der Waals surface area contributed by atoms with Crippen LogP contribution >= 0.6 is 0 Å². The zero-order valence-electron chi connectivity index (χ0n) is 18.5. The number of likely N-dealkylation sites (tertiary alicyclic amines) is 1. The molecule has 1 aliphatic heterocycles. The Morgan fingerprint density at radius 3 is 2.67 bits per heavy atom. The zero-order valence-corrected chi connectivity index (χ0v) is 18.5. The number of hydrogen-bond acceptors (Lipinski definition) is 6. The standard InChI is InChI=1S/C25H25N3O5/c1-4-14-33-18-10-8-17(9-11-18)22-20(24(30)25(31)28(22)13-15-32-3)23(29)21-16(2)26-19-7-5-6-12-27(19)21/h4-12,22,29H,1,13-15H2,2-3H3/b23-20+. The first-order valence-corrected chi connectivity index (χ1v) is 10.5. The maximum absolute atomic E-state index is 13.1. The Morgan fingerprint density at radius 1 is 1.21 bits per heavy atom. The van der Waals surface area contributed by atoms with Gasteiger partial charge in [0.25, 0.3) is 11.7 Å².